The van der Waals surface area contributed by atoms with Crippen LogP contribution in [0.1, 0.15) is 24.2 Å². The number of phenolic OH excluding ortho intramolecular Hbond substituents is 1. The highest BCUT2D eigenvalue weighted by Gasteiger charge is 2.15. The summed E-state index contributed by atoms with van der Waals surface area (Å²) < 4.78 is 5.15. The number of hydrogen-bond acceptors (Lipinski definition) is 3. The molecule has 0 aliphatic rings. The van der Waals surface area contributed by atoms with Crippen LogP contribution in [0, 0.1) is 0 Å². The van der Waals surface area contributed by atoms with E-state index in [1.165, 1.54) is 19.1 Å². The van der Waals surface area contributed by atoms with Crippen molar-refractivity contribution in [3.05, 3.63) is 22.7 Å². The van der Waals surface area contributed by atoms with E-state index >= 15 is 0 Å². The summed E-state index contributed by atoms with van der Waals surface area (Å²) in [6, 6.07) is 3.01. The topological polar surface area (TPSA) is 46.5 Å². The van der Waals surface area contributed by atoms with E-state index in [4.69, 9.17) is 16.3 Å². The Hall–Kier alpha value is -1.22. The summed E-state index contributed by atoms with van der Waals surface area (Å²) in [6.07, 6.45) is 0. The molecule has 0 unspecified atom stereocenters. The second-order valence-electron chi connectivity index (χ2n) is 2.76. The zero-order valence-corrected chi connectivity index (χ0v) is 8.76. The Morgan fingerprint density at radius 1 is 1.57 bits per heavy atom. The highest BCUT2D eigenvalue weighted by Crippen LogP contribution is 2.37. The van der Waals surface area contributed by atoms with Gasteiger partial charge in [-0.3, -0.25) is 4.79 Å². The number of benzene rings is 1. The van der Waals surface area contributed by atoms with Crippen LogP contribution in [0.2, 0.25) is 5.02 Å². The molecule has 0 radical (unpaired) electrons. The molecule has 0 saturated carbocycles. The molecule has 1 aromatic rings. The largest absolute Gasteiger partial charge is 0.503 e. The van der Waals surface area contributed by atoms with Crippen molar-refractivity contribution in [2.45, 2.75) is 13.8 Å². The molecule has 0 aromatic heterocycles. The first-order chi connectivity index (χ1) is 6.57. The number of ether oxygens (including phenoxy) is 1. The average molecular weight is 215 g/mol. The van der Waals surface area contributed by atoms with Gasteiger partial charge in [0.1, 0.15) is 0 Å². The number of halogens is 1. The molecule has 1 rings (SSSR count). The summed E-state index contributed by atoms with van der Waals surface area (Å²) in [5, 5.41) is 9.73. The minimum absolute atomic E-state index is 0.160. The van der Waals surface area contributed by atoms with E-state index in [1.54, 1.807) is 6.92 Å². The lowest BCUT2D eigenvalue weighted by atomic mass is 10.1. The first kappa shape index (κ1) is 10.9. The number of carbonyl (C=O) groups is 1. The summed E-state index contributed by atoms with van der Waals surface area (Å²) in [5.41, 5.74) is 0.341. The third kappa shape index (κ3) is 1.99. The van der Waals surface area contributed by atoms with Gasteiger partial charge >= 0.3 is 0 Å². The first-order valence-corrected chi connectivity index (χ1v) is 4.61. The van der Waals surface area contributed by atoms with Crippen molar-refractivity contribution >= 4 is 17.4 Å². The van der Waals surface area contributed by atoms with Gasteiger partial charge in [-0.1, -0.05) is 11.6 Å². The Labute approximate surface area is 87.3 Å². The highest BCUT2D eigenvalue weighted by atomic mass is 35.5. The Bertz CT molecular complexity index is 361. The van der Waals surface area contributed by atoms with Gasteiger partial charge in [0.2, 0.25) is 0 Å². The van der Waals surface area contributed by atoms with Crippen molar-refractivity contribution in [3.63, 3.8) is 0 Å². The fraction of sp³-hybridized carbons (Fsp3) is 0.300. The summed E-state index contributed by atoms with van der Waals surface area (Å²) in [4.78, 5) is 11.2. The van der Waals surface area contributed by atoms with E-state index in [0.29, 0.717) is 12.2 Å². The Balaban J connectivity index is 3.29. The Morgan fingerprint density at radius 2 is 2.21 bits per heavy atom. The van der Waals surface area contributed by atoms with E-state index in [2.05, 4.69) is 0 Å². The Kier molecular flexibility index (Phi) is 3.36. The van der Waals surface area contributed by atoms with E-state index < -0.39 is 0 Å². The molecule has 0 aliphatic heterocycles. The molecule has 0 aliphatic carbocycles. The van der Waals surface area contributed by atoms with Crippen LogP contribution < -0.4 is 4.74 Å². The van der Waals surface area contributed by atoms with E-state index in [-0.39, 0.29) is 22.3 Å². The molecule has 0 spiro atoms. The maximum Gasteiger partial charge on any atom is 0.177 e. The molecule has 14 heavy (non-hydrogen) atoms. The molecule has 0 saturated heterocycles. The lowest BCUT2D eigenvalue weighted by Gasteiger charge is -2.10. The number of Topliss-reactive ketones (excluding diaryl/α,β-unsaturated/α-hetero) is 1. The van der Waals surface area contributed by atoms with Crippen molar-refractivity contribution in [2.75, 3.05) is 6.61 Å². The van der Waals surface area contributed by atoms with Crippen LogP contribution in [-0.4, -0.2) is 17.5 Å². The third-order valence-corrected chi connectivity index (χ3v) is 2.06. The zero-order chi connectivity index (χ0) is 10.7. The normalized spacial score (nSPS) is 9.93. The summed E-state index contributed by atoms with van der Waals surface area (Å²) >= 11 is 5.68. The SMILES string of the molecule is CCOc1c(C(C)=O)ccc(Cl)c1O. The van der Waals surface area contributed by atoms with Gasteiger partial charge in [-0.15, -0.1) is 0 Å². The number of phenols is 1. The van der Waals surface area contributed by atoms with Crippen molar-refractivity contribution in [1.29, 1.82) is 0 Å². The van der Waals surface area contributed by atoms with Crippen LogP contribution in [0.3, 0.4) is 0 Å². The average Bonchev–Trinajstić information content (AvgIpc) is 2.13. The number of carbonyl (C=O) groups excluding carboxylic acids is 1. The molecule has 0 amide bonds. The van der Waals surface area contributed by atoms with Crippen LogP contribution in [0.5, 0.6) is 11.5 Å². The van der Waals surface area contributed by atoms with Crippen LogP contribution in [0.4, 0.5) is 0 Å². The predicted octanol–water partition coefficient (Wildman–Crippen LogP) is 2.65. The number of ketones is 1. The third-order valence-electron chi connectivity index (χ3n) is 1.75. The summed E-state index contributed by atoms with van der Waals surface area (Å²) in [7, 11) is 0. The van der Waals surface area contributed by atoms with E-state index in [0.717, 1.165) is 0 Å². The highest BCUT2D eigenvalue weighted by molar-refractivity contribution is 6.32. The van der Waals surface area contributed by atoms with E-state index in [9.17, 15) is 9.90 Å². The lowest BCUT2D eigenvalue weighted by Crippen LogP contribution is -2.00. The van der Waals surface area contributed by atoms with Gasteiger partial charge in [0.25, 0.3) is 0 Å². The van der Waals surface area contributed by atoms with E-state index in [1.807, 2.05) is 0 Å². The van der Waals surface area contributed by atoms with Crippen LogP contribution in [0.25, 0.3) is 0 Å². The van der Waals surface area contributed by atoms with Gasteiger partial charge in [-0.05, 0) is 26.0 Å². The van der Waals surface area contributed by atoms with Gasteiger partial charge in [-0.2, -0.15) is 0 Å². The zero-order valence-electron chi connectivity index (χ0n) is 8.00. The minimum atomic E-state index is -0.179. The summed E-state index contributed by atoms with van der Waals surface area (Å²) in [6.45, 7) is 3.55. The van der Waals surface area contributed by atoms with Gasteiger partial charge < -0.3 is 9.84 Å². The molecular weight excluding hydrogens is 204 g/mol. The second-order valence-corrected chi connectivity index (χ2v) is 3.17. The monoisotopic (exact) mass is 214 g/mol. The quantitative estimate of drug-likeness (QED) is 0.787. The lowest BCUT2D eigenvalue weighted by molar-refractivity contribution is 0.101. The molecule has 4 heteroatoms. The fourth-order valence-electron chi connectivity index (χ4n) is 1.11. The van der Waals surface area contributed by atoms with Gasteiger partial charge in [0.15, 0.2) is 17.3 Å². The van der Waals surface area contributed by atoms with Crippen LogP contribution in [0.15, 0.2) is 12.1 Å². The van der Waals surface area contributed by atoms with Crippen molar-refractivity contribution in [2.24, 2.45) is 0 Å². The summed E-state index contributed by atoms with van der Waals surface area (Å²) in [5.74, 6) is -0.186. The number of hydrogen-bond donors (Lipinski definition) is 1. The smallest absolute Gasteiger partial charge is 0.177 e. The first-order valence-electron chi connectivity index (χ1n) is 4.23. The standard InChI is InChI=1S/C10H11ClO3/c1-3-14-10-7(6(2)12)4-5-8(11)9(10)13/h4-5,13H,3H2,1-2H3. The molecule has 76 valence electrons. The van der Waals surface area contributed by atoms with Gasteiger partial charge in [-0.25, -0.2) is 0 Å². The fourth-order valence-corrected chi connectivity index (χ4v) is 1.26. The predicted molar refractivity (Wildman–Crippen MR) is 54.3 cm³/mol. The second kappa shape index (κ2) is 4.33. The van der Waals surface area contributed by atoms with Crippen LogP contribution >= 0.6 is 11.6 Å². The molecule has 0 heterocycles. The molecule has 3 nitrogen and oxygen atoms in total. The molecule has 1 N–H and O–H groups in total. The molecular formula is C10H11ClO3. The van der Waals surface area contributed by atoms with Gasteiger partial charge in [0.05, 0.1) is 17.2 Å². The number of rotatable bonds is 3. The van der Waals surface area contributed by atoms with Crippen molar-refractivity contribution < 1.29 is 14.6 Å². The maximum atomic E-state index is 11.2. The molecule has 0 bridgehead atoms. The minimum Gasteiger partial charge on any atom is -0.503 e. The molecule has 1 aromatic carbocycles. The van der Waals surface area contributed by atoms with Gasteiger partial charge in [0, 0.05) is 0 Å². The van der Waals surface area contributed by atoms with Crippen molar-refractivity contribution in [1.82, 2.24) is 0 Å². The van der Waals surface area contributed by atoms with Crippen molar-refractivity contribution in [3.8, 4) is 11.5 Å². The molecule has 0 fully saturated rings. The van der Waals surface area contributed by atoms with Crippen LogP contribution in [-0.2, 0) is 0 Å². The Morgan fingerprint density at radius 3 is 2.71 bits per heavy atom. The maximum absolute atomic E-state index is 11.2. The molecule has 0 atom stereocenters. The number of aromatic hydroxyl groups is 1.